The number of nitrogens with two attached hydrogens (primary N) is 1. The number of primary amides is 1. The van der Waals surface area contributed by atoms with Crippen LogP contribution in [0, 0.1) is 11.8 Å². The molecular weight excluding hydrogens is 406 g/mol. The molecule has 1 aromatic heterocycles. The van der Waals surface area contributed by atoms with Gasteiger partial charge in [-0.3, -0.25) is 19.1 Å². The van der Waals surface area contributed by atoms with Gasteiger partial charge in [0.1, 0.15) is 12.6 Å². The summed E-state index contributed by atoms with van der Waals surface area (Å²) in [7, 11) is 0. The topological polar surface area (TPSA) is 110 Å². The fourth-order valence-corrected chi connectivity index (χ4v) is 5.76. The molecule has 2 saturated carbocycles. The van der Waals surface area contributed by atoms with E-state index in [0.29, 0.717) is 22.7 Å². The van der Waals surface area contributed by atoms with Crippen molar-refractivity contribution in [3.05, 3.63) is 30.0 Å². The number of benzene rings is 1. The number of aromatic nitrogens is 2. The minimum absolute atomic E-state index is 0.0149. The third kappa shape index (κ3) is 3.76. The van der Waals surface area contributed by atoms with Crippen LogP contribution in [0.15, 0.2) is 24.3 Å². The number of rotatable bonds is 6. The number of hydrogen-bond donors (Lipinski definition) is 2. The molecule has 170 valence electrons. The lowest BCUT2D eigenvalue weighted by Gasteiger charge is -2.32. The summed E-state index contributed by atoms with van der Waals surface area (Å²) < 4.78 is 1.53. The molecule has 1 aliphatic heterocycles. The van der Waals surface area contributed by atoms with Crippen LogP contribution in [0.3, 0.4) is 0 Å². The number of carbonyl (C=O) groups is 3. The number of fused-ring (bicyclic) bond motifs is 2. The molecule has 0 spiro atoms. The van der Waals surface area contributed by atoms with Gasteiger partial charge in [-0.05, 0) is 50.5 Å². The Balaban J connectivity index is 1.31. The van der Waals surface area contributed by atoms with Gasteiger partial charge >= 0.3 is 0 Å². The number of hydrogen-bond acceptors (Lipinski definition) is 4. The second kappa shape index (κ2) is 8.22. The van der Waals surface area contributed by atoms with Crippen molar-refractivity contribution in [2.75, 3.05) is 0 Å². The second-order valence-corrected chi connectivity index (χ2v) is 9.70. The molecular formula is C24H31N5O3. The van der Waals surface area contributed by atoms with Crippen molar-refractivity contribution in [3.8, 4) is 0 Å². The largest absolute Gasteiger partial charge is 0.364 e. The molecule has 3 amide bonds. The van der Waals surface area contributed by atoms with E-state index in [1.807, 2.05) is 18.2 Å². The molecule has 1 saturated heterocycles. The zero-order chi connectivity index (χ0) is 22.4. The van der Waals surface area contributed by atoms with E-state index in [9.17, 15) is 14.4 Å². The third-order valence-corrected chi connectivity index (χ3v) is 7.60. The van der Waals surface area contributed by atoms with E-state index in [2.05, 4.69) is 17.3 Å². The molecule has 2 aromatic rings. The molecule has 0 unspecified atom stereocenters. The fraction of sp³-hybridized carbons (Fsp3) is 0.583. The Morgan fingerprint density at radius 3 is 2.66 bits per heavy atom. The fourth-order valence-electron chi connectivity index (χ4n) is 5.76. The highest BCUT2D eigenvalue weighted by Gasteiger charge is 2.56. The number of para-hydroxylation sites is 1. The first-order valence-electron chi connectivity index (χ1n) is 11.8. The van der Waals surface area contributed by atoms with Crippen molar-refractivity contribution in [2.45, 2.75) is 76.5 Å². The Labute approximate surface area is 187 Å². The van der Waals surface area contributed by atoms with Gasteiger partial charge in [-0.1, -0.05) is 37.5 Å². The maximum absolute atomic E-state index is 13.3. The Morgan fingerprint density at radius 1 is 1.16 bits per heavy atom. The summed E-state index contributed by atoms with van der Waals surface area (Å²) in [6.45, 7) is 2.08. The van der Waals surface area contributed by atoms with E-state index < -0.39 is 11.9 Å². The Kier molecular flexibility index (Phi) is 5.39. The molecule has 8 heteroatoms. The summed E-state index contributed by atoms with van der Waals surface area (Å²) >= 11 is 0. The van der Waals surface area contributed by atoms with Crippen molar-refractivity contribution >= 4 is 28.6 Å². The lowest BCUT2D eigenvalue weighted by molar-refractivity contribution is -0.140. The molecule has 0 radical (unpaired) electrons. The Hall–Kier alpha value is -2.90. The number of likely N-dealkylation sites (tertiary alicyclic amines) is 1. The molecule has 3 aliphatic rings. The van der Waals surface area contributed by atoms with Crippen LogP contribution in [-0.2, 0) is 16.1 Å². The minimum atomic E-state index is -0.621. The number of amides is 3. The van der Waals surface area contributed by atoms with E-state index in [0.717, 1.165) is 25.7 Å². The van der Waals surface area contributed by atoms with Crippen LogP contribution in [0.1, 0.15) is 62.4 Å². The normalized spacial score (nSPS) is 26.0. The van der Waals surface area contributed by atoms with Crippen molar-refractivity contribution in [2.24, 2.45) is 17.6 Å². The van der Waals surface area contributed by atoms with Gasteiger partial charge in [0.25, 0.3) is 5.91 Å². The summed E-state index contributed by atoms with van der Waals surface area (Å²) in [5, 5.41) is 8.16. The first kappa shape index (κ1) is 21.0. The summed E-state index contributed by atoms with van der Waals surface area (Å²) in [6, 6.07) is 7.10. The van der Waals surface area contributed by atoms with Crippen molar-refractivity contribution in [3.63, 3.8) is 0 Å². The van der Waals surface area contributed by atoms with Gasteiger partial charge in [-0.2, -0.15) is 5.10 Å². The maximum Gasteiger partial charge on any atom is 0.269 e. The SMILES string of the molecule is C[C@@H](NC(=O)[C@@H]1C[C@H]2C[C@H]2N1C(=O)Cn1nc(C(N)=O)c2ccccc21)C1CCCCC1. The maximum atomic E-state index is 13.3. The highest BCUT2D eigenvalue weighted by Crippen LogP contribution is 2.48. The molecule has 8 nitrogen and oxygen atoms in total. The first-order chi connectivity index (χ1) is 15.4. The molecule has 4 atom stereocenters. The molecule has 2 heterocycles. The molecule has 1 aromatic carbocycles. The first-order valence-corrected chi connectivity index (χ1v) is 11.8. The van der Waals surface area contributed by atoms with E-state index in [4.69, 9.17) is 5.73 Å². The van der Waals surface area contributed by atoms with Crippen LogP contribution in [-0.4, -0.2) is 50.5 Å². The number of piperidine rings is 1. The van der Waals surface area contributed by atoms with E-state index in [1.54, 1.807) is 11.0 Å². The monoisotopic (exact) mass is 437 g/mol. The van der Waals surface area contributed by atoms with Gasteiger partial charge in [0.15, 0.2) is 5.69 Å². The molecule has 0 bridgehead atoms. The Morgan fingerprint density at radius 2 is 1.91 bits per heavy atom. The Bertz CT molecular complexity index is 1060. The quantitative estimate of drug-likeness (QED) is 0.722. The van der Waals surface area contributed by atoms with Crippen molar-refractivity contribution in [1.29, 1.82) is 0 Å². The average Bonchev–Trinajstić information content (AvgIpc) is 3.29. The van der Waals surface area contributed by atoms with Crippen LogP contribution in [0.25, 0.3) is 10.9 Å². The van der Waals surface area contributed by atoms with Gasteiger partial charge in [-0.25, -0.2) is 0 Å². The van der Waals surface area contributed by atoms with Crippen LogP contribution in [0.2, 0.25) is 0 Å². The number of carbonyl (C=O) groups excluding carboxylic acids is 3. The van der Waals surface area contributed by atoms with Gasteiger partial charge in [0.2, 0.25) is 11.8 Å². The van der Waals surface area contributed by atoms with E-state index >= 15 is 0 Å². The van der Waals surface area contributed by atoms with Gasteiger partial charge in [0.05, 0.1) is 5.52 Å². The minimum Gasteiger partial charge on any atom is -0.364 e. The molecule has 3 fully saturated rings. The zero-order valence-electron chi connectivity index (χ0n) is 18.5. The smallest absolute Gasteiger partial charge is 0.269 e. The number of nitrogens with zero attached hydrogens (tertiary/aromatic N) is 3. The predicted octanol–water partition coefficient (Wildman–Crippen LogP) is 2.21. The molecule has 3 N–H and O–H groups in total. The van der Waals surface area contributed by atoms with Crippen LogP contribution >= 0.6 is 0 Å². The van der Waals surface area contributed by atoms with Crippen LogP contribution < -0.4 is 11.1 Å². The summed E-state index contributed by atoms with van der Waals surface area (Å²) in [6.07, 6.45) is 7.75. The number of nitrogens with one attached hydrogen (secondary N) is 1. The van der Waals surface area contributed by atoms with E-state index in [1.165, 1.54) is 23.9 Å². The lowest BCUT2D eigenvalue weighted by Crippen LogP contribution is -2.52. The third-order valence-electron chi connectivity index (χ3n) is 7.60. The van der Waals surface area contributed by atoms with Crippen molar-refractivity contribution < 1.29 is 14.4 Å². The summed E-state index contributed by atoms with van der Waals surface area (Å²) in [4.78, 5) is 40.1. The van der Waals surface area contributed by atoms with E-state index in [-0.39, 0.29) is 36.1 Å². The van der Waals surface area contributed by atoms with Crippen molar-refractivity contribution in [1.82, 2.24) is 20.0 Å². The highest BCUT2D eigenvalue weighted by atomic mass is 16.2. The predicted molar refractivity (Wildman–Crippen MR) is 120 cm³/mol. The molecule has 2 aliphatic carbocycles. The van der Waals surface area contributed by atoms with Gasteiger partial charge in [-0.15, -0.1) is 0 Å². The van der Waals surface area contributed by atoms with Gasteiger partial charge in [0, 0.05) is 17.5 Å². The second-order valence-electron chi connectivity index (χ2n) is 9.70. The average molecular weight is 438 g/mol. The van der Waals surface area contributed by atoms with Gasteiger partial charge < -0.3 is 16.0 Å². The summed E-state index contributed by atoms with van der Waals surface area (Å²) in [5.41, 5.74) is 6.33. The summed E-state index contributed by atoms with van der Waals surface area (Å²) in [5.74, 6) is 0.145. The lowest BCUT2D eigenvalue weighted by atomic mass is 9.84. The van der Waals surface area contributed by atoms with Crippen LogP contribution in [0.5, 0.6) is 0 Å². The van der Waals surface area contributed by atoms with Crippen LogP contribution in [0.4, 0.5) is 0 Å². The highest BCUT2D eigenvalue weighted by molar-refractivity contribution is 6.04. The molecule has 32 heavy (non-hydrogen) atoms. The zero-order valence-corrected chi connectivity index (χ0v) is 18.5. The standard InChI is InChI=1S/C24H31N5O3/c1-14(15-7-3-2-4-8-15)26-24(32)20-12-16-11-19(16)29(20)21(30)13-28-18-10-6-5-9-17(18)22(27-28)23(25)31/h5-6,9-10,14-16,19-20H,2-4,7-8,11-13H2,1H3,(H2,25,31)(H,26,32)/t14-,16-,19-,20+/m1/s1. The molecule has 5 rings (SSSR count).